The van der Waals surface area contributed by atoms with E-state index in [1.165, 1.54) is 0 Å². The molecule has 1 aromatic carbocycles. The van der Waals surface area contributed by atoms with Crippen LogP contribution < -0.4 is 15.9 Å². The standard InChI is InChI=1S/C24H28ClN8OP/c1-6-14(2)19(25)18(13-26-3)31-24-32-22-15(9-10-29-22)23(33-24)30-17-8-7-16-20(28-12-11-27-16)21(17)35(4,5)34/h7-14H,6H2,1-5H3,(H3,29,30,31,32,33)/b19-18-,26-13-. The molecule has 1 unspecified atom stereocenters. The van der Waals surface area contributed by atoms with Crippen molar-refractivity contribution in [3.8, 4) is 0 Å². The van der Waals surface area contributed by atoms with Crippen LogP contribution in [0.1, 0.15) is 20.3 Å². The number of aromatic amines is 1. The number of nitrogens with zero attached hydrogens (tertiary/aromatic N) is 5. The van der Waals surface area contributed by atoms with Crippen LogP contribution in [0.15, 0.2) is 52.5 Å². The molecule has 0 saturated heterocycles. The zero-order valence-electron chi connectivity index (χ0n) is 20.3. The summed E-state index contributed by atoms with van der Waals surface area (Å²) in [5, 5.41) is 8.65. The summed E-state index contributed by atoms with van der Waals surface area (Å²) < 4.78 is 13.3. The predicted molar refractivity (Wildman–Crippen MR) is 146 cm³/mol. The summed E-state index contributed by atoms with van der Waals surface area (Å²) >= 11 is 6.62. The summed E-state index contributed by atoms with van der Waals surface area (Å²) in [5.41, 5.74) is 3.21. The number of hydrogen-bond donors (Lipinski definition) is 3. The fraction of sp³-hybridized carbons (Fsp3) is 0.292. The Balaban J connectivity index is 1.83. The van der Waals surface area contributed by atoms with Gasteiger partial charge in [-0.05, 0) is 43.9 Å². The van der Waals surface area contributed by atoms with Crippen molar-refractivity contribution < 1.29 is 4.57 Å². The van der Waals surface area contributed by atoms with E-state index in [1.54, 1.807) is 45.2 Å². The first-order chi connectivity index (χ1) is 16.7. The van der Waals surface area contributed by atoms with Gasteiger partial charge in [-0.3, -0.25) is 15.0 Å². The van der Waals surface area contributed by atoms with Crippen LogP contribution in [0.3, 0.4) is 0 Å². The van der Waals surface area contributed by atoms with E-state index in [1.807, 2.05) is 25.1 Å². The molecule has 0 aliphatic rings. The summed E-state index contributed by atoms with van der Waals surface area (Å²) in [6.45, 7) is 7.56. The Morgan fingerprint density at radius 1 is 1.23 bits per heavy atom. The highest BCUT2D eigenvalue weighted by molar-refractivity contribution is 7.71. The van der Waals surface area contributed by atoms with Gasteiger partial charge in [-0.25, -0.2) is 0 Å². The molecule has 0 saturated carbocycles. The van der Waals surface area contributed by atoms with Gasteiger partial charge in [0.15, 0.2) is 0 Å². The second-order valence-corrected chi connectivity index (χ2v) is 12.1. The molecule has 0 amide bonds. The van der Waals surface area contributed by atoms with E-state index in [0.717, 1.165) is 11.8 Å². The van der Waals surface area contributed by atoms with Crippen molar-refractivity contribution in [1.82, 2.24) is 24.9 Å². The Kier molecular flexibility index (Phi) is 7.19. The molecule has 4 aromatic rings. The summed E-state index contributed by atoms with van der Waals surface area (Å²) in [6.07, 6.45) is 7.56. The summed E-state index contributed by atoms with van der Waals surface area (Å²) in [5.74, 6) is 1.04. The number of anilines is 3. The quantitative estimate of drug-likeness (QED) is 0.211. The van der Waals surface area contributed by atoms with Gasteiger partial charge in [-0.15, -0.1) is 0 Å². The van der Waals surface area contributed by atoms with E-state index in [2.05, 4.69) is 42.5 Å². The number of allylic oxidation sites excluding steroid dienone is 2. The van der Waals surface area contributed by atoms with E-state index < -0.39 is 7.14 Å². The fourth-order valence-corrected chi connectivity index (χ4v) is 5.38. The molecule has 3 aromatic heterocycles. The van der Waals surface area contributed by atoms with E-state index in [4.69, 9.17) is 16.6 Å². The smallest absolute Gasteiger partial charge is 0.231 e. The Morgan fingerprint density at radius 2 is 2.00 bits per heavy atom. The van der Waals surface area contributed by atoms with Crippen molar-refractivity contribution in [2.24, 2.45) is 10.9 Å². The minimum Gasteiger partial charge on any atom is -0.346 e. The zero-order valence-corrected chi connectivity index (χ0v) is 21.9. The molecule has 9 nitrogen and oxygen atoms in total. The van der Waals surface area contributed by atoms with Crippen LogP contribution in [-0.4, -0.2) is 51.5 Å². The first-order valence-electron chi connectivity index (χ1n) is 11.2. The van der Waals surface area contributed by atoms with Gasteiger partial charge < -0.3 is 20.2 Å². The highest BCUT2D eigenvalue weighted by Gasteiger charge is 2.23. The Bertz CT molecular complexity index is 1490. The fourth-order valence-electron chi connectivity index (χ4n) is 3.74. The number of hydrogen-bond acceptors (Lipinski definition) is 8. The monoisotopic (exact) mass is 510 g/mol. The van der Waals surface area contributed by atoms with Crippen molar-refractivity contribution in [3.05, 3.63) is 47.5 Å². The SMILES string of the molecule is CCC(C)/C(Cl)=C(\C=N/C)Nc1nc(Nc2ccc3nccnc3c2P(C)(C)=O)c2cc[nH]c2n1. The molecule has 0 aliphatic heterocycles. The van der Waals surface area contributed by atoms with Gasteiger partial charge in [0.05, 0.1) is 27.6 Å². The van der Waals surface area contributed by atoms with Crippen LogP contribution in [0.2, 0.25) is 0 Å². The molecule has 11 heteroatoms. The molecule has 4 rings (SSSR count). The average Bonchev–Trinajstić information content (AvgIpc) is 3.31. The highest BCUT2D eigenvalue weighted by Crippen LogP contribution is 2.41. The molecule has 1 atom stereocenters. The van der Waals surface area contributed by atoms with Crippen molar-refractivity contribution in [2.45, 2.75) is 20.3 Å². The number of H-pyrrole nitrogens is 1. The van der Waals surface area contributed by atoms with E-state index in [0.29, 0.717) is 50.2 Å². The summed E-state index contributed by atoms with van der Waals surface area (Å²) in [7, 11) is -1.05. The third-order valence-corrected chi connectivity index (χ3v) is 7.73. The second kappa shape index (κ2) is 10.1. The van der Waals surface area contributed by atoms with Crippen molar-refractivity contribution in [2.75, 3.05) is 31.0 Å². The zero-order chi connectivity index (χ0) is 25.2. The minimum atomic E-state index is -2.73. The molecule has 3 heterocycles. The molecule has 0 radical (unpaired) electrons. The van der Waals surface area contributed by atoms with E-state index in [9.17, 15) is 4.57 Å². The lowest BCUT2D eigenvalue weighted by molar-refractivity contribution is 0.588. The third-order valence-electron chi connectivity index (χ3n) is 5.63. The van der Waals surface area contributed by atoms with Crippen LogP contribution in [0.4, 0.5) is 17.5 Å². The number of rotatable bonds is 8. The molecular weight excluding hydrogens is 483 g/mol. The molecule has 3 N–H and O–H groups in total. The van der Waals surface area contributed by atoms with Crippen molar-refractivity contribution in [3.63, 3.8) is 0 Å². The van der Waals surface area contributed by atoms with Crippen molar-refractivity contribution in [1.29, 1.82) is 0 Å². The first-order valence-corrected chi connectivity index (χ1v) is 14.2. The topological polar surface area (TPSA) is 121 Å². The van der Waals surface area contributed by atoms with Crippen LogP contribution in [0.5, 0.6) is 0 Å². The van der Waals surface area contributed by atoms with Gasteiger partial charge in [0.25, 0.3) is 0 Å². The van der Waals surface area contributed by atoms with E-state index in [-0.39, 0.29) is 5.92 Å². The Labute approximate surface area is 208 Å². The van der Waals surface area contributed by atoms with Gasteiger partial charge in [0.1, 0.15) is 24.1 Å². The number of aromatic nitrogens is 5. The van der Waals surface area contributed by atoms with Gasteiger partial charge >= 0.3 is 0 Å². The van der Waals surface area contributed by atoms with Gasteiger partial charge in [0.2, 0.25) is 5.95 Å². The largest absolute Gasteiger partial charge is 0.346 e. The number of benzene rings is 1. The maximum Gasteiger partial charge on any atom is 0.231 e. The predicted octanol–water partition coefficient (Wildman–Crippen LogP) is 5.50. The molecule has 35 heavy (non-hydrogen) atoms. The molecule has 0 aliphatic carbocycles. The number of aliphatic imine (C=N–C) groups is 1. The normalized spacial score (nSPS) is 13.9. The van der Waals surface area contributed by atoms with E-state index >= 15 is 0 Å². The van der Waals surface area contributed by atoms with Crippen molar-refractivity contribution >= 4 is 69.8 Å². The summed E-state index contributed by atoms with van der Waals surface area (Å²) in [6, 6.07) is 5.59. The maximum atomic E-state index is 13.3. The molecule has 182 valence electrons. The van der Waals surface area contributed by atoms with Crippen LogP contribution in [-0.2, 0) is 4.57 Å². The average molecular weight is 511 g/mol. The van der Waals surface area contributed by atoms with Gasteiger partial charge in [-0.2, -0.15) is 9.97 Å². The molecular formula is C24H28ClN8OP. The van der Waals surface area contributed by atoms with Crippen LogP contribution in [0, 0.1) is 5.92 Å². The Hall–Kier alpha value is -3.29. The second-order valence-electron chi connectivity index (χ2n) is 8.58. The maximum absolute atomic E-state index is 13.3. The van der Waals surface area contributed by atoms with Gasteiger partial charge in [-0.1, -0.05) is 25.4 Å². The Morgan fingerprint density at radius 3 is 2.71 bits per heavy atom. The molecule has 0 fully saturated rings. The molecule has 0 spiro atoms. The molecule has 0 bridgehead atoms. The first kappa shape index (κ1) is 24.8. The minimum absolute atomic E-state index is 0.147. The number of fused-ring (bicyclic) bond motifs is 2. The summed E-state index contributed by atoms with van der Waals surface area (Å²) in [4.78, 5) is 25.4. The highest BCUT2D eigenvalue weighted by atomic mass is 35.5. The lowest BCUT2D eigenvalue weighted by Crippen LogP contribution is -2.14. The number of nitrogens with one attached hydrogen (secondary N) is 3. The lowest BCUT2D eigenvalue weighted by Gasteiger charge is -2.18. The lowest BCUT2D eigenvalue weighted by atomic mass is 10.1. The van der Waals surface area contributed by atoms with Crippen LogP contribution >= 0.6 is 18.7 Å². The third kappa shape index (κ3) is 5.21. The van der Waals surface area contributed by atoms with Gasteiger partial charge in [0, 0.05) is 36.9 Å². The van der Waals surface area contributed by atoms with Crippen LogP contribution in [0.25, 0.3) is 22.1 Å². The number of halogens is 1.